The molecule has 0 atom stereocenters. The smallest absolute Gasteiger partial charge is 0.395 e. The lowest BCUT2D eigenvalue weighted by atomic mass is 10.2. The molecule has 0 aliphatic carbocycles. The van der Waals surface area contributed by atoms with Crippen LogP contribution in [0.5, 0.6) is 17.4 Å². The van der Waals surface area contributed by atoms with Gasteiger partial charge in [-0.3, -0.25) is 14.9 Å². The second-order valence-electron chi connectivity index (χ2n) is 5.33. The van der Waals surface area contributed by atoms with Crippen molar-refractivity contribution in [3.05, 3.63) is 47.6 Å². The van der Waals surface area contributed by atoms with Gasteiger partial charge in [0.2, 0.25) is 0 Å². The Hall–Kier alpha value is -2.63. The first kappa shape index (κ1) is 20.7. The Morgan fingerprint density at radius 3 is 2.67 bits per heavy atom. The van der Waals surface area contributed by atoms with Crippen LogP contribution >= 0.6 is 22.6 Å². The SMILES string of the molecule is CCCOc1c(I)cc(C=Cc2nc(O)c([N+](=O)[O-])c(=O)[nH]2)cc1OCC. The molecule has 0 amide bonds. The number of nitrogens with one attached hydrogen (secondary N) is 1. The minimum Gasteiger partial charge on any atom is -0.490 e. The van der Waals surface area contributed by atoms with Crippen LogP contribution in [0.3, 0.4) is 0 Å². The molecule has 0 saturated heterocycles. The summed E-state index contributed by atoms with van der Waals surface area (Å²) in [5.74, 6) is 0.306. The van der Waals surface area contributed by atoms with Crippen molar-refractivity contribution in [1.82, 2.24) is 9.97 Å². The highest BCUT2D eigenvalue weighted by atomic mass is 127. The van der Waals surface area contributed by atoms with E-state index < -0.39 is 22.0 Å². The van der Waals surface area contributed by atoms with Gasteiger partial charge in [0.25, 0.3) is 5.88 Å². The van der Waals surface area contributed by atoms with Crippen molar-refractivity contribution >= 4 is 40.4 Å². The number of hydrogen-bond acceptors (Lipinski definition) is 7. The van der Waals surface area contributed by atoms with Crippen LogP contribution in [0.1, 0.15) is 31.7 Å². The summed E-state index contributed by atoms with van der Waals surface area (Å²) in [7, 11) is 0. The van der Waals surface area contributed by atoms with Gasteiger partial charge in [-0.2, -0.15) is 4.98 Å². The molecule has 27 heavy (non-hydrogen) atoms. The molecule has 2 N–H and O–H groups in total. The zero-order valence-electron chi connectivity index (χ0n) is 14.7. The zero-order valence-corrected chi connectivity index (χ0v) is 16.8. The van der Waals surface area contributed by atoms with Gasteiger partial charge in [-0.1, -0.05) is 13.0 Å². The van der Waals surface area contributed by atoms with E-state index in [0.717, 1.165) is 15.6 Å². The minimum atomic E-state index is -1.03. The molecular weight excluding hydrogens is 469 g/mol. The summed E-state index contributed by atoms with van der Waals surface area (Å²) in [6.45, 7) is 4.92. The summed E-state index contributed by atoms with van der Waals surface area (Å²) in [5.41, 5.74) is -1.27. The summed E-state index contributed by atoms with van der Waals surface area (Å²) in [6.07, 6.45) is 3.93. The summed E-state index contributed by atoms with van der Waals surface area (Å²) < 4.78 is 12.2. The number of rotatable bonds is 8. The fourth-order valence-corrected chi connectivity index (χ4v) is 2.96. The molecule has 0 aliphatic heterocycles. The van der Waals surface area contributed by atoms with E-state index in [2.05, 4.69) is 32.6 Å². The number of aromatic amines is 1. The highest BCUT2D eigenvalue weighted by molar-refractivity contribution is 14.1. The first-order valence-corrected chi connectivity index (χ1v) is 9.20. The van der Waals surface area contributed by atoms with Gasteiger partial charge >= 0.3 is 11.2 Å². The third-order valence-electron chi connectivity index (χ3n) is 3.29. The van der Waals surface area contributed by atoms with E-state index in [1.54, 1.807) is 12.1 Å². The molecule has 2 rings (SSSR count). The Bertz CT molecular complexity index is 926. The monoisotopic (exact) mass is 487 g/mol. The van der Waals surface area contributed by atoms with Crippen LogP contribution in [0, 0.1) is 13.7 Å². The highest BCUT2D eigenvalue weighted by Gasteiger charge is 2.21. The van der Waals surface area contributed by atoms with Gasteiger partial charge in [-0.25, -0.2) is 0 Å². The van der Waals surface area contributed by atoms with Gasteiger partial charge in [-0.15, -0.1) is 0 Å². The first-order chi connectivity index (χ1) is 12.9. The Kier molecular flexibility index (Phi) is 7.16. The maximum Gasteiger partial charge on any atom is 0.395 e. The van der Waals surface area contributed by atoms with Gasteiger partial charge in [0, 0.05) is 0 Å². The Morgan fingerprint density at radius 2 is 2.07 bits per heavy atom. The Labute approximate surface area is 168 Å². The van der Waals surface area contributed by atoms with Gasteiger partial charge in [0.1, 0.15) is 5.82 Å². The average molecular weight is 487 g/mol. The number of benzene rings is 1. The topological polar surface area (TPSA) is 128 Å². The van der Waals surface area contributed by atoms with Crippen LogP contribution in [0.4, 0.5) is 5.69 Å². The number of nitrogens with zero attached hydrogens (tertiary/aromatic N) is 2. The van der Waals surface area contributed by atoms with E-state index >= 15 is 0 Å². The number of H-pyrrole nitrogens is 1. The first-order valence-electron chi connectivity index (χ1n) is 8.12. The van der Waals surface area contributed by atoms with Gasteiger partial charge in [-0.05, 0) is 59.7 Å². The summed E-state index contributed by atoms with van der Waals surface area (Å²) in [5, 5.41) is 20.3. The molecule has 144 valence electrons. The second kappa shape index (κ2) is 9.35. The van der Waals surface area contributed by atoms with Gasteiger partial charge in [0.05, 0.1) is 21.7 Å². The zero-order chi connectivity index (χ0) is 20.0. The maximum absolute atomic E-state index is 11.7. The number of aromatic nitrogens is 2. The lowest BCUT2D eigenvalue weighted by Crippen LogP contribution is -2.14. The molecule has 10 heteroatoms. The fraction of sp³-hybridized carbons (Fsp3) is 0.294. The molecule has 1 heterocycles. The second-order valence-corrected chi connectivity index (χ2v) is 6.49. The van der Waals surface area contributed by atoms with E-state index in [1.165, 1.54) is 6.08 Å². The maximum atomic E-state index is 11.7. The number of halogens is 1. The largest absolute Gasteiger partial charge is 0.490 e. The fourth-order valence-electron chi connectivity index (χ4n) is 2.18. The number of nitro groups is 1. The van der Waals surface area contributed by atoms with E-state index in [9.17, 15) is 20.0 Å². The molecule has 0 unspecified atom stereocenters. The van der Waals surface area contributed by atoms with Crippen LogP contribution < -0.4 is 15.0 Å². The predicted octanol–water partition coefficient (Wildman–Crippen LogP) is 3.35. The third-order valence-corrected chi connectivity index (χ3v) is 4.09. The molecule has 0 spiro atoms. The molecular formula is C17H18IN3O6. The number of aromatic hydroxyl groups is 1. The van der Waals surface area contributed by atoms with Crippen molar-refractivity contribution in [2.75, 3.05) is 13.2 Å². The van der Waals surface area contributed by atoms with Crippen molar-refractivity contribution in [2.45, 2.75) is 20.3 Å². The van der Waals surface area contributed by atoms with E-state index in [0.29, 0.717) is 24.7 Å². The summed E-state index contributed by atoms with van der Waals surface area (Å²) in [6, 6.07) is 3.63. The van der Waals surface area contributed by atoms with Gasteiger partial charge in [0.15, 0.2) is 11.5 Å². The summed E-state index contributed by atoms with van der Waals surface area (Å²) in [4.78, 5) is 27.3. The van der Waals surface area contributed by atoms with Crippen LogP contribution in [0.2, 0.25) is 0 Å². The Balaban J connectivity index is 2.36. The molecule has 0 fully saturated rings. The lowest BCUT2D eigenvalue weighted by Gasteiger charge is -2.14. The van der Waals surface area contributed by atoms with Gasteiger partial charge < -0.3 is 19.6 Å². The van der Waals surface area contributed by atoms with E-state index in [-0.39, 0.29) is 5.82 Å². The van der Waals surface area contributed by atoms with Crippen LogP contribution in [0.25, 0.3) is 12.2 Å². The molecule has 0 aliphatic rings. The third kappa shape index (κ3) is 5.18. The van der Waals surface area contributed by atoms with Crippen LogP contribution in [0.15, 0.2) is 16.9 Å². The van der Waals surface area contributed by atoms with E-state index in [4.69, 9.17) is 9.47 Å². The van der Waals surface area contributed by atoms with Crippen molar-refractivity contribution in [3.63, 3.8) is 0 Å². The number of hydrogen-bond donors (Lipinski definition) is 2. The van der Waals surface area contributed by atoms with E-state index in [1.807, 2.05) is 19.9 Å². The molecule has 1 aromatic carbocycles. The standard InChI is InChI=1S/C17H18IN3O6/c1-3-7-27-15-11(18)8-10(9-12(15)26-4-2)5-6-13-19-16(22)14(21(24)25)17(23)20-13/h5-6,8-9H,3-4,7H2,1-2H3,(H2,19,20,22,23). The van der Waals surface area contributed by atoms with Crippen LogP contribution in [-0.4, -0.2) is 33.2 Å². The summed E-state index contributed by atoms with van der Waals surface area (Å²) >= 11 is 2.14. The number of ether oxygens (including phenoxy) is 2. The normalized spacial score (nSPS) is 10.9. The van der Waals surface area contributed by atoms with Crippen molar-refractivity contribution < 1.29 is 19.5 Å². The van der Waals surface area contributed by atoms with Crippen molar-refractivity contribution in [3.8, 4) is 17.4 Å². The quantitative estimate of drug-likeness (QED) is 0.332. The average Bonchev–Trinajstić information content (AvgIpc) is 2.58. The molecule has 0 saturated carbocycles. The lowest BCUT2D eigenvalue weighted by molar-refractivity contribution is -0.387. The van der Waals surface area contributed by atoms with Crippen molar-refractivity contribution in [1.29, 1.82) is 0 Å². The molecule has 0 radical (unpaired) electrons. The van der Waals surface area contributed by atoms with Crippen LogP contribution in [-0.2, 0) is 0 Å². The Morgan fingerprint density at radius 1 is 1.33 bits per heavy atom. The van der Waals surface area contributed by atoms with Crippen molar-refractivity contribution in [2.24, 2.45) is 0 Å². The molecule has 2 aromatic rings. The highest BCUT2D eigenvalue weighted by Crippen LogP contribution is 2.35. The molecule has 0 bridgehead atoms. The predicted molar refractivity (Wildman–Crippen MR) is 108 cm³/mol. The molecule has 9 nitrogen and oxygen atoms in total. The molecule has 1 aromatic heterocycles. The minimum absolute atomic E-state index is 0.0117.